The van der Waals surface area contributed by atoms with Crippen molar-refractivity contribution in [2.45, 2.75) is 33.1 Å². The fourth-order valence-corrected chi connectivity index (χ4v) is 2.46. The van der Waals surface area contributed by atoms with Gasteiger partial charge in [-0.05, 0) is 30.5 Å². The van der Waals surface area contributed by atoms with E-state index in [-0.39, 0.29) is 5.41 Å². The van der Waals surface area contributed by atoms with Crippen molar-refractivity contribution in [1.29, 1.82) is 0 Å². The van der Waals surface area contributed by atoms with Gasteiger partial charge in [0.25, 0.3) is 0 Å². The van der Waals surface area contributed by atoms with Gasteiger partial charge in [-0.25, -0.2) is 4.98 Å². The van der Waals surface area contributed by atoms with Crippen LogP contribution in [-0.2, 0) is 5.41 Å². The van der Waals surface area contributed by atoms with E-state index in [1.165, 1.54) is 0 Å². The zero-order valence-electron chi connectivity index (χ0n) is 12.7. The quantitative estimate of drug-likeness (QED) is 0.896. The minimum absolute atomic E-state index is 0.00791. The fraction of sp³-hybridized carbons (Fsp3) is 0.438. The molecule has 1 aromatic heterocycles. The Balaban J connectivity index is 2.81. The summed E-state index contributed by atoms with van der Waals surface area (Å²) in [6.07, 6.45) is 0. The Morgan fingerprint density at radius 3 is 2.55 bits per heavy atom. The lowest BCUT2D eigenvalue weighted by Gasteiger charge is -2.23. The van der Waals surface area contributed by atoms with Crippen LogP contribution in [0.1, 0.15) is 33.3 Å². The SMILES string of the molecule is CCNc1nc2c(Cl)ccc(OC)c2cc1C(C)(C)C. The predicted molar refractivity (Wildman–Crippen MR) is 86.2 cm³/mol. The number of pyridine rings is 1. The van der Waals surface area contributed by atoms with Crippen molar-refractivity contribution < 1.29 is 4.74 Å². The molecule has 0 atom stereocenters. The summed E-state index contributed by atoms with van der Waals surface area (Å²) < 4.78 is 5.43. The monoisotopic (exact) mass is 292 g/mol. The van der Waals surface area contributed by atoms with Crippen LogP contribution in [-0.4, -0.2) is 18.6 Å². The Morgan fingerprint density at radius 2 is 2.00 bits per heavy atom. The van der Waals surface area contributed by atoms with E-state index in [1.54, 1.807) is 7.11 Å². The summed E-state index contributed by atoms with van der Waals surface area (Å²) in [5.74, 6) is 1.69. The van der Waals surface area contributed by atoms with Crippen molar-refractivity contribution in [2.75, 3.05) is 19.0 Å². The third kappa shape index (κ3) is 2.68. The first kappa shape index (κ1) is 14.9. The van der Waals surface area contributed by atoms with Gasteiger partial charge in [-0.3, -0.25) is 0 Å². The van der Waals surface area contributed by atoms with E-state index < -0.39 is 0 Å². The van der Waals surface area contributed by atoms with Crippen LogP contribution in [0.15, 0.2) is 18.2 Å². The molecule has 0 spiro atoms. The van der Waals surface area contributed by atoms with Crippen LogP contribution in [0.3, 0.4) is 0 Å². The van der Waals surface area contributed by atoms with Crippen molar-refractivity contribution in [3.05, 3.63) is 28.8 Å². The number of halogens is 1. The molecule has 2 aromatic rings. The highest BCUT2D eigenvalue weighted by molar-refractivity contribution is 6.35. The third-order valence-corrected chi connectivity index (χ3v) is 3.57. The number of fused-ring (bicyclic) bond motifs is 1. The van der Waals surface area contributed by atoms with Gasteiger partial charge in [0.1, 0.15) is 11.6 Å². The molecule has 2 rings (SSSR count). The average Bonchev–Trinajstić information content (AvgIpc) is 2.38. The average molecular weight is 293 g/mol. The standard InChI is InChI=1S/C16H21ClN2O/c1-6-18-15-11(16(2,3)4)9-10-13(20-5)8-7-12(17)14(10)19-15/h7-9H,6H2,1-5H3,(H,18,19). The highest BCUT2D eigenvalue weighted by atomic mass is 35.5. The molecule has 0 bridgehead atoms. The summed E-state index contributed by atoms with van der Waals surface area (Å²) in [6, 6.07) is 5.83. The Bertz CT molecular complexity index is 632. The smallest absolute Gasteiger partial charge is 0.130 e. The van der Waals surface area contributed by atoms with E-state index in [9.17, 15) is 0 Å². The first-order valence-corrected chi connectivity index (χ1v) is 7.18. The van der Waals surface area contributed by atoms with Crippen LogP contribution in [0.5, 0.6) is 5.75 Å². The van der Waals surface area contributed by atoms with Crippen molar-refractivity contribution in [3.8, 4) is 5.75 Å². The predicted octanol–water partition coefficient (Wildman–Crippen LogP) is 4.63. The zero-order valence-corrected chi connectivity index (χ0v) is 13.4. The summed E-state index contributed by atoms with van der Waals surface area (Å²) in [4.78, 5) is 4.72. The molecular formula is C16H21ClN2O. The molecule has 20 heavy (non-hydrogen) atoms. The van der Waals surface area contributed by atoms with Crippen molar-refractivity contribution >= 4 is 28.3 Å². The highest BCUT2D eigenvalue weighted by Gasteiger charge is 2.21. The molecule has 1 heterocycles. The molecule has 0 aliphatic rings. The third-order valence-electron chi connectivity index (χ3n) is 3.27. The summed E-state index contributed by atoms with van der Waals surface area (Å²) in [6.45, 7) is 9.41. The molecule has 0 saturated heterocycles. The summed E-state index contributed by atoms with van der Waals surface area (Å²) in [5, 5.41) is 4.92. The number of anilines is 1. The molecule has 0 radical (unpaired) electrons. The van der Waals surface area contributed by atoms with Crippen LogP contribution in [0.2, 0.25) is 5.02 Å². The number of nitrogens with zero attached hydrogens (tertiary/aromatic N) is 1. The largest absolute Gasteiger partial charge is 0.496 e. The van der Waals surface area contributed by atoms with Crippen LogP contribution in [0.4, 0.5) is 5.82 Å². The minimum atomic E-state index is -0.00791. The number of methoxy groups -OCH3 is 1. The Labute approximate surface area is 125 Å². The Morgan fingerprint density at radius 1 is 1.30 bits per heavy atom. The van der Waals surface area contributed by atoms with Gasteiger partial charge in [0, 0.05) is 17.5 Å². The second-order valence-corrected chi connectivity index (χ2v) is 6.22. The molecule has 0 fully saturated rings. The van der Waals surface area contributed by atoms with Gasteiger partial charge < -0.3 is 10.1 Å². The molecule has 0 aliphatic carbocycles. The minimum Gasteiger partial charge on any atom is -0.496 e. The molecule has 0 unspecified atom stereocenters. The van der Waals surface area contributed by atoms with E-state index in [4.69, 9.17) is 21.3 Å². The van der Waals surface area contributed by atoms with Crippen LogP contribution >= 0.6 is 11.6 Å². The second kappa shape index (κ2) is 5.49. The zero-order chi connectivity index (χ0) is 14.9. The van der Waals surface area contributed by atoms with Gasteiger partial charge in [0.2, 0.25) is 0 Å². The highest BCUT2D eigenvalue weighted by Crippen LogP contribution is 2.37. The number of ether oxygens (including phenoxy) is 1. The van der Waals surface area contributed by atoms with Gasteiger partial charge in [0.15, 0.2) is 0 Å². The van der Waals surface area contributed by atoms with Crippen LogP contribution in [0, 0.1) is 0 Å². The van der Waals surface area contributed by atoms with Gasteiger partial charge in [-0.2, -0.15) is 0 Å². The van der Waals surface area contributed by atoms with E-state index in [1.807, 2.05) is 12.1 Å². The van der Waals surface area contributed by atoms with Crippen LogP contribution < -0.4 is 10.1 Å². The van der Waals surface area contributed by atoms with Crippen molar-refractivity contribution in [3.63, 3.8) is 0 Å². The molecule has 4 heteroatoms. The first-order valence-electron chi connectivity index (χ1n) is 6.80. The maximum Gasteiger partial charge on any atom is 0.130 e. The number of benzene rings is 1. The lowest BCUT2D eigenvalue weighted by Crippen LogP contribution is -2.16. The van der Waals surface area contributed by atoms with E-state index >= 15 is 0 Å². The number of aromatic nitrogens is 1. The molecule has 0 saturated carbocycles. The molecule has 108 valence electrons. The number of rotatable bonds is 3. The summed E-state index contributed by atoms with van der Waals surface area (Å²) in [5.41, 5.74) is 1.92. The molecule has 0 aliphatic heterocycles. The lowest BCUT2D eigenvalue weighted by molar-refractivity contribution is 0.419. The Hall–Kier alpha value is -1.48. The molecule has 1 aromatic carbocycles. The maximum absolute atomic E-state index is 6.28. The van der Waals surface area contributed by atoms with E-state index in [0.717, 1.165) is 34.6 Å². The first-order chi connectivity index (χ1) is 9.38. The fourth-order valence-electron chi connectivity index (χ4n) is 2.25. The summed E-state index contributed by atoms with van der Waals surface area (Å²) in [7, 11) is 1.66. The molecule has 3 nitrogen and oxygen atoms in total. The van der Waals surface area contributed by atoms with E-state index in [2.05, 4.69) is 39.1 Å². The normalized spacial score (nSPS) is 11.7. The molecule has 1 N–H and O–H groups in total. The number of nitrogens with one attached hydrogen (secondary N) is 1. The van der Waals surface area contributed by atoms with Gasteiger partial charge in [0.05, 0.1) is 17.6 Å². The molecular weight excluding hydrogens is 272 g/mol. The number of hydrogen-bond donors (Lipinski definition) is 1. The summed E-state index contributed by atoms with van der Waals surface area (Å²) >= 11 is 6.28. The van der Waals surface area contributed by atoms with Crippen molar-refractivity contribution in [2.24, 2.45) is 0 Å². The van der Waals surface area contributed by atoms with Gasteiger partial charge >= 0.3 is 0 Å². The lowest BCUT2D eigenvalue weighted by atomic mass is 9.86. The van der Waals surface area contributed by atoms with Crippen LogP contribution in [0.25, 0.3) is 10.9 Å². The number of hydrogen-bond acceptors (Lipinski definition) is 3. The van der Waals surface area contributed by atoms with Gasteiger partial charge in [-0.15, -0.1) is 0 Å². The topological polar surface area (TPSA) is 34.2 Å². The maximum atomic E-state index is 6.28. The van der Waals surface area contributed by atoms with E-state index in [0.29, 0.717) is 5.02 Å². The second-order valence-electron chi connectivity index (χ2n) is 5.81. The van der Waals surface area contributed by atoms with Gasteiger partial charge in [-0.1, -0.05) is 32.4 Å². The van der Waals surface area contributed by atoms with Crippen molar-refractivity contribution in [1.82, 2.24) is 4.98 Å². The molecule has 0 amide bonds. The Kier molecular flexibility index (Phi) is 4.09.